The predicted molar refractivity (Wildman–Crippen MR) is 241 cm³/mol. The summed E-state index contributed by atoms with van der Waals surface area (Å²) in [5.41, 5.74) is 23.6. The molecule has 0 spiro atoms. The van der Waals surface area contributed by atoms with Gasteiger partial charge in [-0.3, -0.25) is 0 Å². The summed E-state index contributed by atoms with van der Waals surface area (Å²) in [4.78, 5) is 2.47. The summed E-state index contributed by atoms with van der Waals surface area (Å²) in [6, 6.07) is 59.8. The third-order valence-electron chi connectivity index (χ3n) is 13.9. The monoisotopic (exact) mass is 733 g/mol. The van der Waals surface area contributed by atoms with E-state index in [4.69, 9.17) is 0 Å². The SMILES string of the molecule is Cc1ccc(N(c2ccc3c(c2)C(C)(C)c2ccccc2-3)c2ccc3c(c2)C(C)(C)c2cc4c(cc2-3)C(C)(C)c2cc(-c3ccccc3)c3ccccc3c2-4)cc1. The van der Waals surface area contributed by atoms with E-state index in [0.29, 0.717) is 0 Å². The Morgan fingerprint density at radius 2 is 0.807 bits per heavy atom. The first-order chi connectivity index (χ1) is 27.4. The Hall–Kier alpha value is -6.18. The summed E-state index contributed by atoms with van der Waals surface area (Å²) in [5, 5.41) is 2.65. The van der Waals surface area contributed by atoms with Crippen LogP contribution >= 0.6 is 0 Å². The van der Waals surface area contributed by atoms with Crippen LogP contribution in [-0.4, -0.2) is 0 Å². The highest BCUT2D eigenvalue weighted by Crippen LogP contribution is 2.59. The number of fused-ring (bicyclic) bond motifs is 11. The van der Waals surface area contributed by atoms with Crippen molar-refractivity contribution in [3.05, 3.63) is 197 Å². The van der Waals surface area contributed by atoms with Gasteiger partial charge in [-0.15, -0.1) is 0 Å². The van der Waals surface area contributed by atoms with Gasteiger partial charge in [0.15, 0.2) is 0 Å². The van der Waals surface area contributed by atoms with Gasteiger partial charge in [-0.2, -0.15) is 0 Å². The minimum absolute atomic E-state index is 0.0797. The van der Waals surface area contributed by atoms with Gasteiger partial charge in [0.05, 0.1) is 0 Å². The summed E-state index contributed by atoms with van der Waals surface area (Å²) in [6.45, 7) is 16.6. The molecular formula is C56H47N. The Bertz CT molecular complexity index is 2980. The Kier molecular flexibility index (Phi) is 6.99. The second-order valence-electron chi connectivity index (χ2n) is 18.3. The fraction of sp³-hybridized carbons (Fsp3) is 0.179. The van der Waals surface area contributed by atoms with E-state index in [1.807, 2.05) is 0 Å². The van der Waals surface area contributed by atoms with Gasteiger partial charge < -0.3 is 4.90 Å². The molecule has 0 N–H and O–H groups in total. The van der Waals surface area contributed by atoms with Crippen LogP contribution in [0.5, 0.6) is 0 Å². The molecule has 276 valence electrons. The number of hydrogen-bond donors (Lipinski definition) is 0. The van der Waals surface area contributed by atoms with Crippen molar-refractivity contribution in [2.45, 2.75) is 64.7 Å². The molecule has 1 nitrogen and oxygen atoms in total. The Labute approximate surface area is 337 Å². The summed E-state index contributed by atoms with van der Waals surface area (Å²) in [7, 11) is 0. The molecule has 3 aliphatic rings. The van der Waals surface area contributed by atoms with Crippen molar-refractivity contribution in [2.75, 3.05) is 4.90 Å². The van der Waals surface area contributed by atoms with Gasteiger partial charge in [0, 0.05) is 33.3 Å². The van der Waals surface area contributed by atoms with Crippen molar-refractivity contribution in [3.8, 4) is 44.5 Å². The molecule has 0 aliphatic heterocycles. The zero-order valence-corrected chi connectivity index (χ0v) is 34.0. The van der Waals surface area contributed by atoms with Crippen molar-refractivity contribution in [1.29, 1.82) is 0 Å². The van der Waals surface area contributed by atoms with E-state index in [9.17, 15) is 0 Å². The average Bonchev–Trinajstić information content (AvgIpc) is 3.70. The maximum Gasteiger partial charge on any atom is 0.0465 e. The highest BCUT2D eigenvalue weighted by molar-refractivity contribution is 6.09. The van der Waals surface area contributed by atoms with Crippen molar-refractivity contribution < 1.29 is 0 Å². The van der Waals surface area contributed by atoms with Gasteiger partial charge in [-0.1, -0.05) is 150 Å². The number of rotatable bonds is 4. The van der Waals surface area contributed by atoms with E-state index in [2.05, 4.69) is 211 Å². The van der Waals surface area contributed by atoms with E-state index in [0.717, 1.165) is 0 Å². The molecule has 0 amide bonds. The van der Waals surface area contributed by atoms with Gasteiger partial charge in [-0.25, -0.2) is 0 Å². The highest BCUT2D eigenvalue weighted by atomic mass is 15.1. The smallest absolute Gasteiger partial charge is 0.0465 e. The number of nitrogens with zero attached hydrogens (tertiary/aromatic N) is 1. The molecule has 0 bridgehead atoms. The predicted octanol–water partition coefficient (Wildman–Crippen LogP) is 15.2. The number of benzene rings is 8. The summed E-state index contributed by atoms with van der Waals surface area (Å²) < 4.78 is 0. The molecule has 0 atom stereocenters. The van der Waals surface area contributed by atoms with Crippen LogP contribution < -0.4 is 4.90 Å². The molecular weight excluding hydrogens is 687 g/mol. The standard InChI is InChI=1S/C56H47N/c1-34-21-23-36(24-22-34)57(37-25-27-41-40-18-13-14-20-47(40)54(2,3)48(41)29-37)38-26-28-42-45-32-51-46(33-50(45)55(4,5)49(42)30-38)53-43-19-12-11-17-39(43)44(31-52(53)56(51,6)7)35-15-9-8-10-16-35/h8-33H,1-7H3. The largest absolute Gasteiger partial charge is 0.310 e. The number of aryl methyl sites for hydroxylation is 1. The second kappa shape index (κ2) is 11.7. The number of anilines is 3. The van der Waals surface area contributed by atoms with E-state index in [-0.39, 0.29) is 16.2 Å². The molecule has 3 aliphatic carbocycles. The van der Waals surface area contributed by atoms with E-state index < -0.39 is 0 Å². The van der Waals surface area contributed by atoms with Gasteiger partial charge in [0.2, 0.25) is 0 Å². The van der Waals surface area contributed by atoms with Crippen LogP contribution in [0.4, 0.5) is 17.1 Å². The molecule has 57 heavy (non-hydrogen) atoms. The van der Waals surface area contributed by atoms with Crippen LogP contribution in [0, 0.1) is 6.92 Å². The third-order valence-corrected chi connectivity index (χ3v) is 13.9. The third kappa shape index (κ3) is 4.69. The van der Waals surface area contributed by atoms with Crippen LogP contribution in [0.15, 0.2) is 158 Å². The fourth-order valence-electron chi connectivity index (χ4n) is 10.8. The van der Waals surface area contributed by atoms with Crippen LogP contribution in [0.2, 0.25) is 0 Å². The van der Waals surface area contributed by atoms with E-state index in [1.54, 1.807) is 0 Å². The van der Waals surface area contributed by atoms with Crippen LogP contribution in [0.3, 0.4) is 0 Å². The lowest BCUT2D eigenvalue weighted by Gasteiger charge is -2.30. The van der Waals surface area contributed by atoms with Gasteiger partial charge in [-0.05, 0) is 150 Å². The topological polar surface area (TPSA) is 3.24 Å². The number of hydrogen-bond acceptors (Lipinski definition) is 1. The lowest BCUT2D eigenvalue weighted by Crippen LogP contribution is -2.18. The molecule has 0 aromatic heterocycles. The first-order valence-electron chi connectivity index (χ1n) is 20.5. The molecule has 0 saturated heterocycles. The molecule has 0 saturated carbocycles. The molecule has 8 aromatic rings. The highest BCUT2D eigenvalue weighted by Gasteiger charge is 2.43. The molecule has 8 aromatic carbocycles. The lowest BCUT2D eigenvalue weighted by atomic mass is 9.79. The van der Waals surface area contributed by atoms with Crippen molar-refractivity contribution in [3.63, 3.8) is 0 Å². The molecule has 0 heterocycles. The van der Waals surface area contributed by atoms with Crippen molar-refractivity contribution in [1.82, 2.24) is 0 Å². The van der Waals surface area contributed by atoms with Crippen LogP contribution in [-0.2, 0) is 16.2 Å². The maximum atomic E-state index is 2.56. The molecule has 0 radical (unpaired) electrons. The Morgan fingerprint density at radius 1 is 0.333 bits per heavy atom. The van der Waals surface area contributed by atoms with Crippen molar-refractivity contribution >= 4 is 27.8 Å². The Balaban J connectivity index is 1.06. The zero-order chi connectivity index (χ0) is 39.0. The van der Waals surface area contributed by atoms with Crippen LogP contribution in [0.25, 0.3) is 55.3 Å². The summed E-state index contributed by atoms with van der Waals surface area (Å²) in [6.07, 6.45) is 0. The quantitative estimate of drug-likeness (QED) is 0.174. The first-order valence-corrected chi connectivity index (χ1v) is 20.5. The summed E-state index contributed by atoms with van der Waals surface area (Å²) in [5.74, 6) is 0. The molecule has 1 heteroatoms. The van der Waals surface area contributed by atoms with Gasteiger partial charge >= 0.3 is 0 Å². The summed E-state index contributed by atoms with van der Waals surface area (Å²) >= 11 is 0. The molecule has 0 fully saturated rings. The minimum atomic E-state index is -0.192. The normalized spacial score (nSPS) is 15.7. The van der Waals surface area contributed by atoms with E-state index >= 15 is 0 Å². The molecule has 0 unspecified atom stereocenters. The Morgan fingerprint density at radius 3 is 1.51 bits per heavy atom. The van der Waals surface area contributed by atoms with Crippen LogP contribution in [0.1, 0.15) is 80.5 Å². The fourth-order valence-corrected chi connectivity index (χ4v) is 10.8. The van der Waals surface area contributed by atoms with Gasteiger partial charge in [0.25, 0.3) is 0 Å². The lowest BCUT2D eigenvalue weighted by molar-refractivity contribution is 0.652. The van der Waals surface area contributed by atoms with Gasteiger partial charge in [0.1, 0.15) is 0 Å². The van der Waals surface area contributed by atoms with Crippen molar-refractivity contribution in [2.24, 2.45) is 0 Å². The average molecular weight is 734 g/mol. The minimum Gasteiger partial charge on any atom is -0.310 e. The maximum absolute atomic E-state index is 2.56. The zero-order valence-electron chi connectivity index (χ0n) is 34.0. The van der Waals surface area contributed by atoms with E-state index in [1.165, 1.54) is 111 Å². The molecule has 11 rings (SSSR count). The first kappa shape index (κ1) is 34.1. The second-order valence-corrected chi connectivity index (χ2v) is 18.3.